The fraction of sp³-hybridized carbons (Fsp3) is 0.900. The second kappa shape index (κ2) is 18.6. The van der Waals surface area contributed by atoms with E-state index in [1.54, 1.807) is 0 Å². The minimum Gasteiger partial charge on any atom is -0.460 e. The molecule has 42 heavy (non-hydrogen) atoms. The maximum atomic E-state index is 11.3. The molecule has 1 N–H and O–H groups in total. The summed E-state index contributed by atoms with van der Waals surface area (Å²) in [5, 5.41) is 10.1. The standard InChI is InChI=1S/C30H52O12/c1-5-28(32)42-10-24(31)9-39-25(12-34-17-29(6-2)19-36-20-29)11-33-8-23(4)38-14-26(40-15-27-16-41-27)13-35-18-30(7-3)21-37-22-30/h5,23-27,31H,1,6-22H2,2-4H3. The molecular weight excluding hydrogens is 552 g/mol. The van der Waals surface area contributed by atoms with Gasteiger partial charge < -0.3 is 52.5 Å². The van der Waals surface area contributed by atoms with E-state index in [4.69, 9.17) is 47.4 Å². The fourth-order valence-corrected chi connectivity index (χ4v) is 4.29. The predicted molar refractivity (Wildman–Crippen MR) is 151 cm³/mol. The number of hydrogen-bond acceptors (Lipinski definition) is 12. The van der Waals surface area contributed by atoms with Crippen LogP contribution in [0.4, 0.5) is 0 Å². The van der Waals surface area contributed by atoms with Crippen molar-refractivity contribution in [3.8, 4) is 0 Å². The van der Waals surface area contributed by atoms with Crippen LogP contribution in [0.15, 0.2) is 12.7 Å². The second-order valence-electron chi connectivity index (χ2n) is 11.8. The molecule has 0 aromatic carbocycles. The Balaban J connectivity index is 1.37. The molecule has 0 bridgehead atoms. The molecule has 3 fully saturated rings. The molecule has 3 aliphatic heterocycles. The van der Waals surface area contributed by atoms with Crippen molar-refractivity contribution in [2.75, 3.05) is 99.1 Å². The largest absolute Gasteiger partial charge is 0.460 e. The van der Waals surface area contributed by atoms with Gasteiger partial charge in [-0.2, -0.15) is 0 Å². The Bertz CT molecular complexity index is 756. The molecule has 3 aliphatic rings. The van der Waals surface area contributed by atoms with Crippen molar-refractivity contribution in [1.29, 1.82) is 0 Å². The number of epoxide rings is 1. The Hall–Kier alpha value is -1.19. The average molecular weight is 605 g/mol. The minimum atomic E-state index is -0.982. The van der Waals surface area contributed by atoms with Crippen molar-refractivity contribution in [3.63, 3.8) is 0 Å². The SMILES string of the molecule is C=CC(=O)OCC(O)COC(COCC(C)OCC(COCC1(CC)COC1)OCC1CO1)COCC1(CC)COC1. The van der Waals surface area contributed by atoms with Crippen molar-refractivity contribution < 1.29 is 57.3 Å². The smallest absolute Gasteiger partial charge is 0.330 e. The van der Waals surface area contributed by atoms with Gasteiger partial charge in [0.25, 0.3) is 0 Å². The maximum absolute atomic E-state index is 11.3. The molecule has 5 atom stereocenters. The Labute approximate surface area is 250 Å². The van der Waals surface area contributed by atoms with Gasteiger partial charge in [0.15, 0.2) is 0 Å². The molecule has 0 aromatic rings. The fourth-order valence-electron chi connectivity index (χ4n) is 4.29. The van der Waals surface area contributed by atoms with Crippen LogP contribution in [0.5, 0.6) is 0 Å². The quantitative estimate of drug-likeness (QED) is 0.0873. The van der Waals surface area contributed by atoms with Gasteiger partial charge in [-0.3, -0.25) is 0 Å². The highest BCUT2D eigenvalue weighted by molar-refractivity contribution is 5.81. The van der Waals surface area contributed by atoms with Gasteiger partial charge in [0.05, 0.1) is 98.6 Å². The van der Waals surface area contributed by atoms with Crippen LogP contribution >= 0.6 is 0 Å². The van der Waals surface area contributed by atoms with E-state index in [-0.39, 0.29) is 55.6 Å². The summed E-state index contributed by atoms with van der Waals surface area (Å²) in [6, 6.07) is 0. The molecule has 0 amide bonds. The summed E-state index contributed by atoms with van der Waals surface area (Å²) in [6.45, 7) is 16.3. The highest BCUT2D eigenvalue weighted by Gasteiger charge is 2.38. The molecule has 3 heterocycles. The van der Waals surface area contributed by atoms with E-state index < -0.39 is 18.2 Å². The zero-order valence-corrected chi connectivity index (χ0v) is 25.6. The van der Waals surface area contributed by atoms with Crippen LogP contribution in [0, 0.1) is 10.8 Å². The second-order valence-corrected chi connectivity index (χ2v) is 11.8. The van der Waals surface area contributed by atoms with E-state index in [0.29, 0.717) is 52.9 Å². The van der Waals surface area contributed by atoms with Crippen molar-refractivity contribution in [1.82, 2.24) is 0 Å². The maximum Gasteiger partial charge on any atom is 0.330 e. The molecule has 12 heteroatoms. The number of esters is 1. The molecule has 0 radical (unpaired) electrons. The summed E-state index contributed by atoms with van der Waals surface area (Å²) >= 11 is 0. The normalized spacial score (nSPS) is 23.2. The summed E-state index contributed by atoms with van der Waals surface area (Å²) in [6.07, 6.45) is 1.37. The third-order valence-corrected chi connectivity index (χ3v) is 7.81. The number of aliphatic hydroxyl groups excluding tert-OH is 1. The van der Waals surface area contributed by atoms with Gasteiger partial charge in [0, 0.05) is 16.9 Å². The Morgan fingerprint density at radius 2 is 1.43 bits per heavy atom. The third-order valence-electron chi connectivity index (χ3n) is 7.81. The monoisotopic (exact) mass is 604 g/mol. The molecule has 0 aromatic heterocycles. The Morgan fingerprint density at radius 3 is 1.93 bits per heavy atom. The number of carbonyl (C=O) groups is 1. The van der Waals surface area contributed by atoms with Crippen LogP contribution < -0.4 is 0 Å². The van der Waals surface area contributed by atoms with Gasteiger partial charge >= 0.3 is 5.97 Å². The van der Waals surface area contributed by atoms with Gasteiger partial charge in [-0.05, 0) is 19.8 Å². The van der Waals surface area contributed by atoms with Crippen molar-refractivity contribution in [2.24, 2.45) is 10.8 Å². The van der Waals surface area contributed by atoms with E-state index in [9.17, 15) is 9.90 Å². The lowest BCUT2D eigenvalue weighted by Gasteiger charge is -2.40. The lowest BCUT2D eigenvalue weighted by atomic mass is 9.84. The first-order valence-electron chi connectivity index (χ1n) is 15.1. The van der Waals surface area contributed by atoms with Crippen molar-refractivity contribution >= 4 is 5.97 Å². The number of ether oxygens (including phenoxy) is 10. The van der Waals surface area contributed by atoms with Crippen molar-refractivity contribution in [3.05, 3.63) is 12.7 Å². The summed E-state index contributed by atoms with van der Waals surface area (Å²) in [5.41, 5.74) is 0.159. The van der Waals surface area contributed by atoms with Gasteiger partial charge in [-0.15, -0.1) is 0 Å². The summed E-state index contributed by atoms with van der Waals surface area (Å²) < 4.78 is 56.7. The van der Waals surface area contributed by atoms with Crippen LogP contribution in [-0.2, 0) is 52.2 Å². The lowest BCUT2D eigenvalue weighted by Crippen LogP contribution is -2.46. The molecule has 0 aliphatic carbocycles. The number of rotatable bonds is 26. The number of carbonyl (C=O) groups excluding carboxylic acids is 1. The first-order chi connectivity index (χ1) is 20.3. The zero-order valence-electron chi connectivity index (χ0n) is 25.6. The van der Waals surface area contributed by atoms with Gasteiger partial charge in [0.2, 0.25) is 0 Å². The Kier molecular flexibility index (Phi) is 15.6. The number of hydrogen-bond donors (Lipinski definition) is 1. The third kappa shape index (κ3) is 12.8. The predicted octanol–water partition coefficient (Wildman–Crippen LogP) is 1.55. The number of aliphatic hydroxyl groups is 1. The topological polar surface area (TPSA) is 133 Å². The van der Waals surface area contributed by atoms with E-state index in [0.717, 1.165) is 38.7 Å². The highest BCUT2D eigenvalue weighted by atomic mass is 16.6. The summed E-state index contributed by atoms with van der Waals surface area (Å²) in [7, 11) is 0. The summed E-state index contributed by atoms with van der Waals surface area (Å²) in [4.78, 5) is 11.3. The molecule has 0 saturated carbocycles. The molecule has 244 valence electrons. The van der Waals surface area contributed by atoms with Crippen LogP contribution in [0.25, 0.3) is 0 Å². The molecule has 5 unspecified atom stereocenters. The molecule has 12 nitrogen and oxygen atoms in total. The van der Waals surface area contributed by atoms with Crippen LogP contribution in [0.3, 0.4) is 0 Å². The van der Waals surface area contributed by atoms with E-state index in [1.165, 1.54) is 0 Å². The summed E-state index contributed by atoms with van der Waals surface area (Å²) in [5.74, 6) is -0.600. The molecular formula is C30H52O12. The highest BCUT2D eigenvalue weighted by Crippen LogP contribution is 2.32. The van der Waals surface area contributed by atoms with E-state index >= 15 is 0 Å². The Morgan fingerprint density at radius 1 is 0.857 bits per heavy atom. The first-order valence-corrected chi connectivity index (χ1v) is 15.1. The van der Waals surface area contributed by atoms with Gasteiger partial charge in [-0.25, -0.2) is 4.79 Å². The zero-order chi connectivity index (χ0) is 30.3. The van der Waals surface area contributed by atoms with Gasteiger partial charge in [-0.1, -0.05) is 20.4 Å². The van der Waals surface area contributed by atoms with Crippen LogP contribution in [-0.4, -0.2) is 141 Å². The molecule has 3 rings (SSSR count). The lowest BCUT2D eigenvalue weighted by molar-refractivity contribution is -0.166. The average Bonchev–Trinajstić information content (AvgIpc) is 3.78. The van der Waals surface area contributed by atoms with E-state index in [2.05, 4.69) is 20.4 Å². The molecule has 0 spiro atoms. The molecule has 3 saturated heterocycles. The van der Waals surface area contributed by atoms with Crippen LogP contribution in [0.1, 0.15) is 33.6 Å². The van der Waals surface area contributed by atoms with Crippen LogP contribution in [0.2, 0.25) is 0 Å². The van der Waals surface area contributed by atoms with Gasteiger partial charge in [0.1, 0.15) is 31.0 Å². The van der Waals surface area contributed by atoms with E-state index in [1.807, 2.05) is 6.92 Å². The minimum absolute atomic E-state index is 0.0366. The van der Waals surface area contributed by atoms with Crippen molar-refractivity contribution in [2.45, 2.75) is 64.1 Å². The first kappa shape index (κ1) is 35.3.